The van der Waals surface area contributed by atoms with Crippen LogP contribution in [-0.4, -0.2) is 19.9 Å². The summed E-state index contributed by atoms with van der Waals surface area (Å²) >= 11 is 6.11. The number of hydrogen-bond acceptors (Lipinski definition) is 2. The summed E-state index contributed by atoms with van der Waals surface area (Å²) in [6.07, 6.45) is 1.92. The maximum Gasteiger partial charge on any atom is 0.240 e. The van der Waals surface area contributed by atoms with Gasteiger partial charge in [-0.25, -0.2) is 13.1 Å². The lowest BCUT2D eigenvalue weighted by atomic mass is 9.85. The van der Waals surface area contributed by atoms with Crippen molar-refractivity contribution in [1.29, 1.82) is 0 Å². The highest BCUT2D eigenvalue weighted by atomic mass is 35.5. The third kappa shape index (κ3) is 3.73. The predicted octanol–water partition coefficient (Wildman–Crippen LogP) is 4.39. The van der Waals surface area contributed by atoms with Gasteiger partial charge < -0.3 is 4.98 Å². The minimum Gasteiger partial charge on any atom is -0.361 e. The molecule has 0 spiro atoms. The average molecular weight is 377 g/mol. The van der Waals surface area contributed by atoms with Crippen molar-refractivity contribution < 1.29 is 8.42 Å². The molecule has 1 aromatic heterocycles. The molecule has 3 rings (SSSR count). The fourth-order valence-corrected chi connectivity index (χ4v) is 4.21. The second kappa shape index (κ2) is 6.48. The summed E-state index contributed by atoms with van der Waals surface area (Å²) in [5.41, 5.74) is 2.63. The highest BCUT2D eigenvalue weighted by Gasteiger charge is 2.26. The van der Waals surface area contributed by atoms with Gasteiger partial charge in [0.1, 0.15) is 0 Å². The molecule has 132 valence electrons. The summed E-state index contributed by atoms with van der Waals surface area (Å²) in [6.45, 7) is 6.22. The minimum atomic E-state index is -3.55. The van der Waals surface area contributed by atoms with E-state index in [1.807, 2.05) is 45.2 Å². The second-order valence-electron chi connectivity index (χ2n) is 6.91. The van der Waals surface area contributed by atoms with Crippen LogP contribution in [0.2, 0.25) is 5.02 Å². The van der Waals surface area contributed by atoms with Gasteiger partial charge in [-0.15, -0.1) is 0 Å². The van der Waals surface area contributed by atoms with Crippen LogP contribution in [-0.2, 0) is 15.4 Å². The Labute approximate surface area is 153 Å². The smallest absolute Gasteiger partial charge is 0.240 e. The number of aromatic nitrogens is 1. The van der Waals surface area contributed by atoms with Crippen LogP contribution in [0.15, 0.2) is 53.6 Å². The summed E-state index contributed by atoms with van der Waals surface area (Å²) in [4.78, 5) is 3.49. The van der Waals surface area contributed by atoms with Crippen LogP contribution in [0.25, 0.3) is 10.9 Å². The van der Waals surface area contributed by atoms with Crippen molar-refractivity contribution in [3.63, 3.8) is 0 Å². The van der Waals surface area contributed by atoms with E-state index in [0.717, 1.165) is 22.0 Å². The van der Waals surface area contributed by atoms with Crippen LogP contribution in [0.3, 0.4) is 0 Å². The molecular weight excluding hydrogens is 356 g/mol. The van der Waals surface area contributed by atoms with Crippen LogP contribution in [0, 0.1) is 6.92 Å². The number of halogens is 1. The number of sulfonamides is 1. The molecule has 1 heterocycles. The molecule has 0 saturated carbocycles. The fraction of sp³-hybridized carbons (Fsp3) is 0.263. The van der Waals surface area contributed by atoms with Gasteiger partial charge in [0.2, 0.25) is 10.0 Å². The maximum atomic E-state index is 12.5. The highest BCUT2D eigenvalue weighted by molar-refractivity contribution is 7.89. The molecule has 4 nitrogen and oxygen atoms in total. The molecule has 3 aromatic rings. The molecule has 25 heavy (non-hydrogen) atoms. The normalized spacial score (nSPS) is 12.6. The van der Waals surface area contributed by atoms with E-state index in [1.54, 1.807) is 24.3 Å². The van der Waals surface area contributed by atoms with Crippen molar-refractivity contribution in [3.05, 3.63) is 64.8 Å². The second-order valence-corrected chi connectivity index (χ2v) is 9.12. The van der Waals surface area contributed by atoms with Crippen molar-refractivity contribution in [2.45, 2.75) is 31.1 Å². The van der Waals surface area contributed by atoms with Gasteiger partial charge in [0.15, 0.2) is 0 Å². The first-order chi connectivity index (χ1) is 11.7. The van der Waals surface area contributed by atoms with Crippen LogP contribution < -0.4 is 4.72 Å². The molecule has 0 saturated heterocycles. The summed E-state index contributed by atoms with van der Waals surface area (Å²) in [6, 6.07) is 12.5. The van der Waals surface area contributed by atoms with Crippen molar-refractivity contribution in [3.8, 4) is 0 Å². The monoisotopic (exact) mass is 376 g/mol. The van der Waals surface area contributed by atoms with Gasteiger partial charge in [-0.2, -0.15) is 0 Å². The number of aryl methyl sites for hydroxylation is 1. The number of benzene rings is 2. The first-order valence-electron chi connectivity index (χ1n) is 8.02. The molecule has 2 N–H and O–H groups in total. The Morgan fingerprint density at radius 2 is 1.80 bits per heavy atom. The first kappa shape index (κ1) is 18.0. The van der Waals surface area contributed by atoms with E-state index in [4.69, 9.17) is 11.6 Å². The lowest BCUT2D eigenvalue weighted by Crippen LogP contribution is -2.36. The van der Waals surface area contributed by atoms with E-state index >= 15 is 0 Å². The van der Waals surface area contributed by atoms with Crippen LogP contribution in [0.4, 0.5) is 0 Å². The first-order valence-corrected chi connectivity index (χ1v) is 9.89. The molecule has 0 radical (unpaired) electrons. The van der Waals surface area contributed by atoms with Crippen molar-refractivity contribution in [1.82, 2.24) is 9.71 Å². The molecule has 0 aliphatic heterocycles. The molecule has 0 bridgehead atoms. The lowest BCUT2D eigenvalue weighted by Gasteiger charge is -2.25. The number of aromatic amines is 1. The largest absolute Gasteiger partial charge is 0.361 e. The Balaban J connectivity index is 1.85. The lowest BCUT2D eigenvalue weighted by molar-refractivity contribution is 0.504. The van der Waals surface area contributed by atoms with Gasteiger partial charge in [-0.3, -0.25) is 0 Å². The van der Waals surface area contributed by atoms with E-state index in [-0.39, 0.29) is 11.4 Å². The molecule has 0 unspecified atom stereocenters. The zero-order valence-corrected chi connectivity index (χ0v) is 16.0. The van der Waals surface area contributed by atoms with Crippen molar-refractivity contribution in [2.24, 2.45) is 0 Å². The van der Waals surface area contributed by atoms with Crippen LogP contribution >= 0.6 is 11.6 Å². The van der Waals surface area contributed by atoms with Gasteiger partial charge in [0, 0.05) is 34.1 Å². The number of H-pyrrole nitrogens is 1. The molecule has 0 fully saturated rings. The Morgan fingerprint density at radius 3 is 2.48 bits per heavy atom. The number of hydrogen-bond donors (Lipinski definition) is 2. The molecular formula is C19H21ClN2O2S. The standard InChI is InChI=1S/C19H21ClN2O2S/c1-13-4-7-15(8-5-13)25(23,24)22-12-19(2,3)17-11-21-18-9-6-14(20)10-16(17)18/h4-11,21-22H,12H2,1-3H3. The van der Waals surface area contributed by atoms with E-state index in [9.17, 15) is 8.42 Å². The molecule has 0 aliphatic rings. The van der Waals surface area contributed by atoms with Crippen LogP contribution in [0.1, 0.15) is 25.0 Å². The quantitative estimate of drug-likeness (QED) is 0.693. The topological polar surface area (TPSA) is 62.0 Å². The average Bonchev–Trinajstić information content (AvgIpc) is 2.97. The van der Waals surface area contributed by atoms with Gasteiger partial charge >= 0.3 is 0 Å². The molecule has 6 heteroatoms. The third-order valence-electron chi connectivity index (χ3n) is 4.41. The van der Waals surface area contributed by atoms with Gasteiger partial charge in [-0.1, -0.05) is 43.1 Å². The van der Waals surface area contributed by atoms with E-state index < -0.39 is 15.4 Å². The summed E-state index contributed by atoms with van der Waals surface area (Å²) in [7, 11) is -3.55. The summed E-state index contributed by atoms with van der Waals surface area (Å²) in [5, 5.41) is 1.66. The molecule has 2 aromatic carbocycles. The fourth-order valence-electron chi connectivity index (χ4n) is 2.82. The Kier molecular flexibility index (Phi) is 4.66. The number of fused-ring (bicyclic) bond motifs is 1. The highest BCUT2D eigenvalue weighted by Crippen LogP contribution is 2.32. The predicted molar refractivity (Wildman–Crippen MR) is 103 cm³/mol. The van der Waals surface area contributed by atoms with E-state index in [2.05, 4.69) is 9.71 Å². The van der Waals surface area contributed by atoms with Gasteiger partial charge in [0.05, 0.1) is 4.90 Å². The van der Waals surface area contributed by atoms with Crippen molar-refractivity contribution in [2.75, 3.05) is 6.54 Å². The SMILES string of the molecule is Cc1ccc(S(=O)(=O)NCC(C)(C)c2c[nH]c3ccc(Cl)cc23)cc1. The van der Waals surface area contributed by atoms with E-state index in [1.165, 1.54) is 0 Å². The minimum absolute atomic E-state index is 0.274. The summed E-state index contributed by atoms with van der Waals surface area (Å²) in [5.74, 6) is 0. The molecule has 0 atom stereocenters. The third-order valence-corrected chi connectivity index (χ3v) is 6.06. The van der Waals surface area contributed by atoms with Crippen LogP contribution in [0.5, 0.6) is 0 Å². The molecule has 0 amide bonds. The van der Waals surface area contributed by atoms with E-state index in [0.29, 0.717) is 5.02 Å². The van der Waals surface area contributed by atoms with Crippen molar-refractivity contribution >= 4 is 32.5 Å². The summed E-state index contributed by atoms with van der Waals surface area (Å²) < 4.78 is 27.8. The zero-order valence-electron chi connectivity index (χ0n) is 14.4. The Hall–Kier alpha value is -1.82. The number of rotatable bonds is 5. The Bertz CT molecular complexity index is 1010. The Morgan fingerprint density at radius 1 is 1.12 bits per heavy atom. The van der Waals surface area contributed by atoms with Gasteiger partial charge in [0.25, 0.3) is 0 Å². The number of nitrogens with one attached hydrogen (secondary N) is 2. The zero-order chi connectivity index (χ0) is 18.2. The molecule has 0 aliphatic carbocycles. The van der Waals surface area contributed by atoms with Gasteiger partial charge in [-0.05, 0) is 42.8 Å². The maximum absolute atomic E-state index is 12.5.